The molecule has 0 atom stereocenters. The molecule has 0 aromatic carbocycles. The van der Waals surface area contributed by atoms with Gasteiger partial charge < -0.3 is 34.7 Å². The van der Waals surface area contributed by atoms with Crippen molar-refractivity contribution in [3.63, 3.8) is 0 Å². The van der Waals surface area contributed by atoms with E-state index in [0.717, 1.165) is 38.5 Å². The molecule has 0 fully saturated rings. The molecule has 2 amide bonds. The highest BCUT2D eigenvalue weighted by molar-refractivity contribution is 5.77. The van der Waals surface area contributed by atoms with Gasteiger partial charge in [-0.05, 0) is 26.2 Å². The molecule has 11 heteroatoms. The first-order chi connectivity index (χ1) is 19.9. The predicted molar refractivity (Wildman–Crippen MR) is 157 cm³/mol. The van der Waals surface area contributed by atoms with Crippen LogP contribution in [0.4, 0.5) is 0 Å². The van der Waals surface area contributed by atoms with Gasteiger partial charge in [0.1, 0.15) is 13.2 Å². The number of rotatable bonds is 32. The summed E-state index contributed by atoms with van der Waals surface area (Å²) in [6, 6.07) is 0. The second-order valence-corrected chi connectivity index (χ2v) is 10.2. The third-order valence-corrected chi connectivity index (χ3v) is 6.18. The van der Waals surface area contributed by atoms with Crippen LogP contribution in [0.5, 0.6) is 0 Å². The zero-order chi connectivity index (χ0) is 30.2. The molecule has 0 aromatic rings. The number of ether oxygens (including phenoxy) is 4. The number of nitrogens with one attached hydrogen (secondary N) is 2. The number of carboxylic acids is 1. The fourth-order valence-electron chi connectivity index (χ4n) is 3.95. The number of hydrogen-bond acceptors (Lipinski definition) is 8. The van der Waals surface area contributed by atoms with Gasteiger partial charge in [-0.15, -0.1) is 0 Å². The molecule has 0 aliphatic carbocycles. The first-order valence-electron chi connectivity index (χ1n) is 15.5. The van der Waals surface area contributed by atoms with Crippen molar-refractivity contribution < 1.29 is 43.2 Å². The molecular weight excluding hydrogens is 532 g/mol. The highest BCUT2D eigenvalue weighted by Gasteiger charge is 2.03. The van der Waals surface area contributed by atoms with Gasteiger partial charge in [0.05, 0.1) is 33.0 Å². The highest BCUT2D eigenvalue weighted by atomic mass is 16.5. The van der Waals surface area contributed by atoms with Crippen LogP contribution in [0.3, 0.4) is 0 Å². The van der Waals surface area contributed by atoms with Crippen LogP contribution in [0.15, 0.2) is 0 Å². The lowest BCUT2D eigenvalue weighted by molar-refractivity contribution is -0.137. The summed E-state index contributed by atoms with van der Waals surface area (Å²) >= 11 is 0. The first kappa shape index (κ1) is 38.9. The standard InChI is InChI=1S/C30H56N2O9/c1-27(33)25-40-23-21-38-19-14-17-31-29(35)26-41-24-22-39-20-18-32-28(34)15-12-10-8-6-4-2-3-5-7-9-11-13-16-30(36)37/h2-26H2,1H3,(H,31,35)(H,32,34)(H,36,37). The summed E-state index contributed by atoms with van der Waals surface area (Å²) in [5.41, 5.74) is 0. The van der Waals surface area contributed by atoms with E-state index in [9.17, 15) is 19.2 Å². The van der Waals surface area contributed by atoms with E-state index in [0.29, 0.717) is 72.0 Å². The largest absolute Gasteiger partial charge is 0.481 e. The number of carbonyl (C=O) groups is 4. The molecule has 240 valence electrons. The van der Waals surface area contributed by atoms with E-state index in [2.05, 4.69) is 10.6 Å². The Bertz CT molecular complexity index is 662. The summed E-state index contributed by atoms with van der Waals surface area (Å²) in [4.78, 5) is 44.8. The second-order valence-electron chi connectivity index (χ2n) is 10.2. The zero-order valence-corrected chi connectivity index (χ0v) is 25.4. The Kier molecular flexibility index (Phi) is 29.3. The fourth-order valence-corrected chi connectivity index (χ4v) is 3.95. The average molecular weight is 589 g/mol. The van der Waals surface area contributed by atoms with Crippen molar-refractivity contribution in [2.75, 3.05) is 65.9 Å². The molecule has 0 aliphatic rings. The molecule has 0 heterocycles. The van der Waals surface area contributed by atoms with Gasteiger partial charge in [0.15, 0.2) is 5.78 Å². The number of ketones is 1. The van der Waals surface area contributed by atoms with Crippen LogP contribution in [0, 0.1) is 0 Å². The van der Waals surface area contributed by atoms with Crippen molar-refractivity contribution in [2.24, 2.45) is 0 Å². The number of aliphatic carboxylic acids is 1. The number of amides is 2. The van der Waals surface area contributed by atoms with E-state index in [1.807, 2.05) is 0 Å². The van der Waals surface area contributed by atoms with E-state index in [1.165, 1.54) is 45.4 Å². The van der Waals surface area contributed by atoms with Gasteiger partial charge in [0.2, 0.25) is 11.8 Å². The van der Waals surface area contributed by atoms with Crippen LogP contribution in [0.25, 0.3) is 0 Å². The first-order valence-corrected chi connectivity index (χ1v) is 15.5. The Balaban J connectivity index is 3.27. The van der Waals surface area contributed by atoms with Crippen LogP contribution in [-0.2, 0) is 38.1 Å². The number of Topliss-reactive ketones (excluding diaryl/α,β-unsaturated/α-hetero) is 1. The Labute approximate surface area is 246 Å². The van der Waals surface area contributed by atoms with E-state index >= 15 is 0 Å². The summed E-state index contributed by atoms with van der Waals surface area (Å²) in [7, 11) is 0. The monoisotopic (exact) mass is 588 g/mol. The van der Waals surface area contributed by atoms with Gasteiger partial charge in [0.25, 0.3) is 0 Å². The molecule has 0 unspecified atom stereocenters. The van der Waals surface area contributed by atoms with Gasteiger partial charge in [-0.3, -0.25) is 19.2 Å². The van der Waals surface area contributed by atoms with E-state index in [1.54, 1.807) is 0 Å². The van der Waals surface area contributed by atoms with Crippen LogP contribution in [-0.4, -0.2) is 94.6 Å². The molecule has 3 N–H and O–H groups in total. The molecule has 0 aliphatic heterocycles. The normalized spacial score (nSPS) is 11.0. The molecule has 0 rings (SSSR count). The summed E-state index contributed by atoms with van der Waals surface area (Å²) in [6.07, 6.45) is 15.0. The molecule has 41 heavy (non-hydrogen) atoms. The third kappa shape index (κ3) is 34.0. The van der Waals surface area contributed by atoms with Gasteiger partial charge >= 0.3 is 5.97 Å². The molecule has 0 saturated heterocycles. The van der Waals surface area contributed by atoms with Crippen molar-refractivity contribution >= 4 is 23.6 Å². The van der Waals surface area contributed by atoms with Crippen molar-refractivity contribution in [2.45, 2.75) is 103 Å². The molecule has 0 saturated carbocycles. The quantitative estimate of drug-likeness (QED) is 0.0997. The second kappa shape index (κ2) is 30.9. The molecule has 0 radical (unpaired) electrons. The molecule has 11 nitrogen and oxygen atoms in total. The van der Waals surface area contributed by atoms with Crippen LogP contribution >= 0.6 is 0 Å². The maximum atomic E-state index is 11.9. The summed E-state index contributed by atoms with van der Waals surface area (Å²) in [5.74, 6) is -0.854. The van der Waals surface area contributed by atoms with Crippen LogP contribution in [0.2, 0.25) is 0 Å². The smallest absolute Gasteiger partial charge is 0.303 e. The maximum absolute atomic E-state index is 11.9. The molecule has 0 bridgehead atoms. The number of carbonyl (C=O) groups excluding carboxylic acids is 3. The Morgan fingerprint density at radius 3 is 1.51 bits per heavy atom. The van der Waals surface area contributed by atoms with Crippen LogP contribution < -0.4 is 10.6 Å². The van der Waals surface area contributed by atoms with Gasteiger partial charge in [0, 0.05) is 32.5 Å². The Hall–Kier alpha value is -2.08. The zero-order valence-electron chi connectivity index (χ0n) is 25.4. The minimum atomic E-state index is -0.697. The molecule has 0 spiro atoms. The highest BCUT2D eigenvalue weighted by Crippen LogP contribution is 2.13. The SMILES string of the molecule is CC(=O)COCCOCCCNC(=O)COCCOCCNC(=O)CCCCCCCCCCCCCCC(=O)O. The summed E-state index contributed by atoms with van der Waals surface area (Å²) in [5, 5.41) is 14.2. The van der Waals surface area contributed by atoms with E-state index < -0.39 is 5.97 Å². The van der Waals surface area contributed by atoms with Crippen LogP contribution in [0.1, 0.15) is 103 Å². The Morgan fingerprint density at radius 1 is 0.488 bits per heavy atom. The molecule has 0 aromatic heterocycles. The van der Waals surface area contributed by atoms with Crippen molar-refractivity contribution in [1.82, 2.24) is 10.6 Å². The predicted octanol–water partition coefficient (Wildman–Crippen LogP) is 3.81. The van der Waals surface area contributed by atoms with Crippen molar-refractivity contribution in [1.29, 1.82) is 0 Å². The van der Waals surface area contributed by atoms with Gasteiger partial charge in [-0.25, -0.2) is 0 Å². The maximum Gasteiger partial charge on any atom is 0.303 e. The minimum Gasteiger partial charge on any atom is -0.481 e. The van der Waals surface area contributed by atoms with E-state index in [-0.39, 0.29) is 30.8 Å². The van der Waals surface area contributed by atoms with Crippen molar-refractivity contribution in [3.8, 4) is 0 Å². The number of carboxylic acid groups (broad SMARTS) is 1. The van der Waals surface area contributed by atoms with E-state index in [4.69, 9.17) is 24.1 Å². The third-order valence-electron chi connectivity index (χ3n) is 6.18. The topological polar surface area (TPSA) is 149 Å². The fraction of sp³-hybridized carbons (Fsp3) is 0.867. The van der Waals surface area contributed by atoms with Crippen molar-refractivity contribution in [3.05, 3.63) is 0 Å². The number of unbranched alkanes of at least 4 members (excludes halogenated alkanes) is 11. The summed E-state index contributed by atoms with van der Waals surface area (Å²) < 4.78 is 21.1. The lowest BCUT2D eigenvalue weighted by Gasteiger charge is -2.08. The lowest BCUT2D eigenvalue weighted by Crippen LogP contribution is -2.30. The Morgan fingerprint density at radius 2 is 0.951 bits per heavy atom. The molecular formula is C30H56N2O9. The van der Waals surface area contributed by atoms with Gasteiger partial charge in [-0.2, -0.15) is 0 Å². The van der Waals surface area contributed by atoms with Gasteiger partial charge in [-0.1, -0.05) is 64.2 Å². The average Bonchev–Trinajstić information content (AvgIpc) is 2.93. The lowest BCUT2D eigenvalue weighted by atomic mass is 10.0. The minimum absolute atomic E-state index is 0.0159. The number of hydrogen-bond donors (Lipinski definition) is 3. The summed E-state index contributed by atoms with van der Waals surface area (Å²) in [6.45, 7) is 4.85.